The van der Waals surface area contributed by atoms with Gasteiger partial charge in [0.05, 0.1) is 6.26 Å². The van der Waals surface area contributed by atoms with E-state index >= 15 is 0 Å². The molecule has 0 aromatic heterocycles. The van der Waals surface area contributed by atoms with Crippen molar-refractivity contribution in [2.24, 2.45) is 5.73 Å². The van der Waals surface area contributed by atoms with Gasteiger partial charge >= 0.3 is 0 Å². The molecule has 1 fully saturated rings. The van der Waals surface area contributed by atoms with E-state index in [-0.39, 0.29) is 12.1 Å². The highest BCUT2D eigenvalue weighted by molar-refractivity contribution is 7.88. The van der Waals surface area contributed by atoms with Crippen LogP contribution in [0.4, 0.5) is 0 Å². The Morgan fingerprint density at radius 1 is 1.33 bits per heavy atom. The maximum Gasteiger partial charge on any atom is 0.209 e. The molecular weight excluding hydrogens is 176 g/mol. The van der Waals surface area contributed by atoms with Gasteiger partial charge in [0.2, 0.25) is 10.0 Å². The van der Waals surface area contributed by atoms with Gasteiger partial charge in [-0.3, -0.25) is 0 Å². The molecular formula is C7H16N2O2S. The minimum atomic E-state index is -3.09. The first-order valence-corrected chi connectivity index (χ1v) is 6.11. The number of nitrogens with two attached hydrogens (primary N) is 1. The van der Waals surface area contributed by atoms with E-state index in [1.807, 2.05) is 0 Å². The van der Waals surface area contributed by atoms with Crippen molar-refractivity contribution < 1.29 is 8.42 Å². The third-order valence-electron chi connectivity index (χ3n) is 2.18. The summed E-state index contributed by atoms with van der Waals surface area (Å²) in [5, 5.41) is 0. The van der Waals surface area contributed by atoms with Crippen LogP contribution in [-0.4, -0.2) is 26.8 Å². The van der Waals surface area contributed by atoms with Gasteiger partial charge in [-0.25, -0.2) is 13.1 Å². The summed E-state index contributed by atoms with van der Waals surface area (Å²) in [7, 11) is -3.09. The van der Waals surface area contributed by atoms with Crippen molar-refractivity contribution in [3.8, 4) is 0 Å². The van der Waals surface area contributed by atoms with Crippen LogP contribution in [0.25, 0.3) is 0 Å². The Hall–Kier alpha value is -0.130. The van der Waals surface area contributed by atoms with Crippen LogP contribution in [-0.2, 0) is 10.0 Å². The molecule has 3 N–H and O–H groups in total. The van der Waals surface area contributed by atoms with Crippen LogP contribution in [0.15, 0.2) is 0 Å². The summed E-state index contributed by atoms with van der Waals surface area (Å²) < 4.78 is 24.3. The Kier molecular flexibility index (Phi) is 3.09. The summed E-state index contributed by atoms with van der Waals surface area (Å²) in [4.78, 5) is 0. The van der Waals surface area contributed by atoms with Gasteiger partial charge in [-0.15, -0.1) is 0 Å². The topological polar surface area (TPSA) is 72.2 Å². The van der Waals surface area contributed by atoms with Gasteiger partial charge < -0.3 is 5.73 Å². The maximum atomic E-state index is 10.9. The zero-order chi connectivity index (χ0) is 9.19. The molecule has 1 aliphatic carbocycles. The van der Waals surface area contributed by atoms with E-state index in [1.165, 1.54) is 6.26 Å². The third kappa shape index (κ3) is 3.08. The predicted molar refractivity (Wildman–Crippen MR) is 48.2 cm³/mol. The van der Waals surface area contributed by atoms with Gasteiger partial charge in [0, 0.05) is 12.1 Å². The van der Waals surface area contributed by atoms with Gasteiger partial charge in [0.25, 0.3) is 0 Å². The molecule has 1 rings (SSSR count). The maximum absolute atomic E-state index is 10.9. The average Bonchev–Trinajstić information content (AvgIpc) is 1.91. The highest BCUT2D eigenvalue weighted by Crippen LogP contribution is 2.17. The summed E-state index contributed by atoms with van der Waals surface area (Å²) in [6.07, 6.45) is 5.15. The highest BCUT2D eigenvalue weighted by Gasteiger charge is 2.23. The number of nitrogens with one attached hydrogen (secondary N) is 1. The van der Waals surface area contributed by atoms with Gasteiger partial charge in [-0.05, 0) is 12.8 Å². The lowest BCUT2D eigenvalue weighted by atomic mass is 9.92. The van der Waals surface area contributed by atoms with Crippen LogP contribution in [0, 0.1) is 0 Å². The summed E-state index contributed by atoms with van der Waals surface area (Å²) in [6, 6.07) is -0.0535. The fourth-order valence-electron chi connectivity index (χ4n) is 1.58. The van der Waals surface area contributed by atoms with Gasteiger partial charge in [0.1, 0.15) is 0 Å². The molecule has 0 amide bonds. The fraction of sp³-hybridized carbons (Fsp3) is 1.00. The Morgan fingerprint density at radius 2 is 1.92 bits per heavy atom. The summed E-state index contributed by atoms with van der Waals surface area (Å²) in [6.45, 7) is 0. The molecule has 0 unspecified atom stereocenters. The van der Waals surface area contributed by atoms with E-state index in [4.69, 9.17) is 5.73 Å². The van der Waals surface area contributed by atoms with Crippen molar-refractivity contribution in [2.75, 3.05) is 6.26 Å². The number of hydrogen-bond acceptors (Lipinski definition) is 3. The normalized spacial score (nSPS) is 31.8. The molecule has 72 valence electrons. The molecule has 0 aliphatic heterocycles. The van der Waals surface area contributed by atoms with Crippen molar-refractivity contribution in [3.05, 3.63) is 0 Å². The van der Waals surface area contributed by atoms with Crippen molar-refractivity contribution in [1.29, 1.82) is 0 Å². The van der Waals surface area contributed by atoms with Crippen molar-refractivity contribution in [2.45, 2.75) is 37.8 Å². The van der Waals surface area contributed by atoms with Crippen molar-refractivity contribution in [1.82, 2.24) is 4.72 Å². The van der Waals surface area contributed by atoms with Crippen LogP contribution < -0.4 is 10.5 Å². The summed E-state index contributed by atoms with van der Waals surface area (Å²) in [5.74, 6) is 0. The molecule has 1 aliphatic rings. The molecule has 1 saturated carbocycles. The standard InChI is InChI=1S/C7H16N2O2S/c1-12(10,11)9-7-5-3-2-4-6(7)8/h6-7,9H,2-5,8H2,1H3/t6-,7+/m1/s1. The molecule has 2 atom stereocenters. The van der Waals surface area contributed by atoms with Gasteiger partial charge in [-0.1, -0.05) is 12.8 Å². The number of rotatable bonds is 2. The first-order chi connectivity index (χ1) is 5.49. The molecule has 0 radical (unpaired) electrons. The van der Waals surface area contributed by atoms with Crippen LogP contribution in [0.3, 0.4) is 0 Å². The zero-order valence-electron chi connectivity index (χ0n) is 7.29. The van der Waals surface area contributed by atoms with E-state index < -0.39 is 10.0 Å². The van der Waals surface area contributed by atoms with Gasteiger partial charge in [-0.2, -0.15) is 0 Å². The van der Waals surface area contributed by atoms with E-state index in [9.17, 15) is 8.42 Å². The largest absolute Gasteiger partial charge is 0.326 e. The van der Waals surface area contributed by atoms with Crippen LogP contribution in [0.1, 0.15) is 25.7 Å². The molecule has 0 bridgehead atoms. The van der Waals surface area contributed by atoms with Crippen LogP contribution in [0.5, 0.6) is 0 Å². The van der Waals surface area contributed by atoms with Crippen molar-refractivity contribution >= 4 is 10.0 Å². The first kappa shape index (κ1) is 9.95. The second-order valence-electron chi connectivity index (χ2n) is 3.44. The number of sulfonamides is 1. The lowest BCUT2D eigenvalue weighted by Gasteiger charge is -2.28. The quantitative estimate of drug-likeness (QED) is 0.636. The minimum Gasteiger partial charge on any atom is -0.326 e. The first-order valence-electron chi connectivity index (χ1n) is 4.22. The zero-order valence-corrected chi connectivity index (χ0v) is 8.10. The highest BCUT2D eigenvalue weighted by atomic mass is 32.2. The van der Waals surface area contributed by atoms with Crippen molar-refractivity contribution in [3.63, 3.8) is 0 Å². The SMILES string of the molecule is CS(=O)(=O)N[C@H]1CCCC[C@H]1N. The predicted octanol–water partition coefficient (Wildman–Crippen LogP) is -0.195. The van der Waals surface area contributed by atoms with Crippen LogP contribution in [0.2, 0.25) is 0 Å². The molecule has 4 nitrogen and oxygen atoms in total. The Balaban J connectivity index is 2.50. The summed E-state index contributed by atoms with van der Waals surface area (Å²) in [5.41, 5.74) is 5.76. The molecule has 0 spiro atoms. The molecule has 5 heteroatoms. The molecule has 0 heterocycles. The minimum absolute atomic E-state index is 0.00604. The average molecular weight is 192 g/mol. The monoisotopic (exact) mass is 192 g/mol. The molecule has 0 saturated heterocycles. The van der Waals surface area contributed by atoms with Crippen LogP contribution >= 0.6 is 0 Å². The molecule has 0 aromatic rings. The lowest BCUT2D eigenvalue weighted by molar-refractivity contribution is 0.361. The Bertz CT molecular complexity index is 238. The Labute approximate surface area is 73.6 Å². The van der Waals surface area contributed by atoms with E-state index in [0.29, 0.717) is 0 Å². The second kappa shape index (κ2) is 3.72. The second-order valence-corrected chi connectivity index (χ2v) is 5.22. The van der Waals surface area contributed by atoms with Gasteiger partial charge in [0.15, 0.2) is 0 Å². The van der Waals surface area contributed by atoms with E-state index in [1.54, 1.807) is 0 Å². The Morgan fingerprint density at radius 3 is 2.42 bits per heavy atom. The fourth-order valence-corrected chi connectivity index (χ4v) is 2.42. The molecule has 0 aromatic carbocycles. The summed E-state index contributed by atoms with van der Waals surface area (Å²) >= 11 is 0. The lowest BCUT2D eigenvalue weighted by Crippen LogP contribution is -2.48. The number of hydrogen-bond donors (Lipinski definition) is 2. The third-order valence-corrected chi connectivity index (χ3v) is 2.92. The smallest absolute Gasteiger partial charge is 0.209 e. The van der Waals surface area contributed by atoms with E-state index in [0.717, 1.165) is 25.7 Å². The van der Waals surface area contributed by atoms with E-state index in [2.05, 4.69) is 4.72 Å². The molecule has 12 heavy (non-hydrogen) atoms.